The van der Waals surface area contributed by atoms with Crippen molar-refractivity contribution in [3.63, 3.8) is 0 Å². The van der Waals surface area contributed by atoms with Crippen molar-refractivity contribution in [2.45, 2.75) is 39.0 Å². The number of alkyl carbamates (subject to hydrolysis) is 1. The van der Waals surface area contributed by atoms with Gasteiger partial charge in [-0.2, -0.15) is 0 Å². The minimum Gasteiger partial charge on any atom is -0.481 e. The van der Waals surface area contributed by atoms with Gasteiger partial charge in [-0.25, -0.2) is 4.79 Å². The zero-order valence-corrected chi connectivity index (χ0v) is 19.0. The van der Waals surface area contributed by atoms with Gasteiger partial charge < -0.3 is 20.5 Å². The summed E-state index contributed by atoms with van der Waals surface area (Å²) in [7, 11) is 0. The first kappa shape index (κ1) is 22.8. The van der Waals surface area contributed by atoms with Crippen LogP contribution < -0.4 is 10.6 Å². The van der Waals surface area contributed by atoms with Crippen LogP contribution in [0, 0.1) is 10.8 Å². The van der Waals surface area contributed by atoms with Gasteiger partial charge >= 0.3 is 12.1 Å². The van der Waals surface area contributed by atoms with Crippen LogP contribution in [0.15, 0.2) is 48.5 Å². The van der Waals surface area contributed by atoms with Crippen molar-refractivity contribution in [2.75, 3.05) is 19.7 Å². The maximum absolute atomic E-state index is 12.7. The van der Waals surface area contributed by atoms with E-state index in [-0.39, 0.29) is 31.5 Å². The molecule has 1 unspecified atom stereocenters. The molecule has 3 N–H and O–H groups in total. The van der Waals surface area contributed by atoms with E-state index in [9.17, 15) is 19.5 Å². The maximum atomic E-state index is 12.7. The zero-order chi connectivity index (χ0) is 23.6. The van der Waals surface area contributed by atoms with Crippen molar-refractivity contribution in [3.05, 3.63) is 59.7 Å². The molecule has 7 nitrogen and oxygen atoms in total. The van der Waals surface area contributed by atoms with Crippen LogP contribution >= 0.6 is 0 Å². The van der Waals surface area contributed by atoms with Gasteiger partial charge in [-0.05, 0) is 48.4 Å². The molecule has 33 heavy (non-hydrogen) atoms. The van der Waals surface area contributed by atoms with E-state index in [1.807, 2.05) is 24.3 Å². The third kappa shape index (κ3) is 4.45. The van der Waals surface area contributed by atoms with Gasteiger partial charge in [0.25, 0.3) is 0 Å². The molecule has 2 amide bonds. The SMILES string of the molecule is CCC(C)(CNC(=O)C1(CNC(=O)OCC2c3ccccc3-c3ccccc32)CC1)C(=O)O. The Balaban J connectivity index is 1.31. The van der Waals surface area contributed by atoms with Crippen LogP contribution in [-0.2, 0) is 14.3 Å². The summed E-state index contributed by atoms with van der Waals surface area (Å²) < 4.78 is 5.55. The minimum atomic E-state index is -1.01. The van der Waals surface area contributed by atoms with Crippen LogP contribution in [0.3, 0.4) is 0 Å². The lowest BCUT2D eigenvalue weighted by Gasteiger charge is -2.25. The number of rotatable bonds is 9. The molecule has 0 spiro atoms. The predicted octanol–water partition coefficient (Wildman–Crippen LogP) is 3.92. The number of amides is 2. The second kappa shape index (κ2) is 8.89. The number of carbonyl (C=O) groups excluding carboxylic acids is 2. The molecule has 0 aromatic heterocycles. The molecule has 7 heteroatoms. The van der Waals surface area contributed by atoms with Crippen molar-refractivity contribution < 1.29 is 24.2 Å². The lowest BCUT2D eigenvalue weighted by atomic mass is 9.87. The molecule has 174 valence electrons. The Morgan fingerprint density at radius 3 is 2.12 bits per heavy atom. The van der Waals surface area contributed by atoms with Crippen LogP contribution in [0.25, 0.3) is 11.1 Å². The summed E-state index contributed by atoms with van der Waals surface area (Å²) in [5.41, 5.74) is 2.92. The highest BCUT2D eigenvalue weighted by atomic mass is 16.5. The summed E-state index contributed by atoms with van der Waals surface area (Å²) in [6, 6.07) is 16.3. The van der Waals surface area contributed by atoms with Gasteiger partial charge in [0.1, 0.15) is 6.61 Å². The van der Waals surface area contributed by atoms with Crippen LogP contribution in [0.4, 0.5) is 4.79 Å². The second-order valence-corrected chi connectivity index (χ2v) is 9.36. The number of carboxylic acids is 1. The van der Waals surface area contributed by atoms with E-state index in [0.717, 1.165) is 22.3 Å². The number of benzene rings is 2. The van der Waals surface area contributed by atoms with Crippen LogP contribution in [0.2, 0.25) is 0 Å². The monoisotopic (exact) mass is 450 g/mol. The summed E-state index contributed by atoms with van der Waals surface area (Å²) >= 11 is 0. The molecule has 0 bridgehead atoms. The van der Waals surface area contributed by atoms with Gasteiger partial charge in [0.15, 0.2) is 0 Å². The summed E-state index contributed by atoms with van der Waals surface area (Å²) in [4.78, 5) is 36.6. The first-order chi connectivity index (χ1) is 15.8. The van der Waals surface area contributed by atoms with Crippen LogP contribution in [0.1, 0.15) is 50.2 Å². The fraction of sp³-hybridized carbons (Fsp3) is 0.423. The van der Waals surface area contributed by atoms with Gasteiger partial charge in [-0.3, -0.25) is 9.59 Å². The molecule has 1 atom stereocenters. The number of fused-ring (bicyclic) bond motifs is 3. The molecular formula is C26H30N2O5. The molecule has 1 fully saturated rings. The van der Waals surface area contributed by atoms with Crippen LogP contribution in [0.5, 0.6) is 0 Å². The first-order valence-electron chi connectivity index (χ1n) is 11.4. The maximum Gasteiger partial charge on any atom is 0.407 e. The quantitative estimate of drug-likeness (QED) is 0.537. The third-order valence-electron chi connectivity index (χ3n) is 7.19. The van der Waals surface area contributed by atoms with Crippen molar-refractivity contribution in [3.8, 4) is 11.1 Å². The fourth-order valence-corrected chi connectivity index (χ4v) is 4.34. The van der Waals surface area contributed by atoms with E-state index in [0.29, 0.717) is 19.3 Å². The number of hydrogen-bond donors (Lipinski definition) is 3. The summed E-state index contributed by atoms with van der Waals surface area (Å²) in [5.74, 6) is -1.18. The number of hydrogen-bond acceptors (Lipinski definition) is 4. The number of carboxylic acid groups (broad SMARTS) is 1. The average molecular weight is 451 g/mol. The minimum absolute atomic E-state index is 0.0240. The molecular weight excluding hydrogens is 420 g/mol. The largest absolute Gasteiger partial charge is 0.481 e. The van der Waals surface area contributed by atoms with Crippen molar-refractivity contribution in [1.29, 1.82) is 0 Å². The Morgan fingerprint density at radius 1 is 1.03 bits per heavy atom. The van der Waals surface area contributed by atoms with Gasteiger partial charge in [-0.1, -0.05) is 55.5 Å². The Labute approximate surface area is 193 Å². The van der Waals surface area contributed by atoms with Gasteiger partial charge in [-0.15, -0.1) is 0 Å². The number of ether oxygens (including phenoxy) is 1. The molecule has 2 aliphatic rings. The Bertz CT molecular complexity index is 1030. The van der Waals surface area contributed by atoms with E-state index < -0.39 is 22.9 Å². The standard InChI is InChI=1S/C26H30N2O5/c1-3-25(2,23(30)31)15-27-22(29)26(12-13-26)16-28-24(32)33-14-21-19-10-6-4-8-17(19)18-9-5-7-11-20(18)21/h4-11,21H,3,12-16H2,1-2H3,(H,27,29)(H,28,32)(H,30,31). The van der Waals surface area contributed by atoms with Crippen molar-refractivity contribution >= 4 is 18.0 Å². The smallest absolute Gasteiger partial charge is 0.407 e. The highest BCUT2D eigenvalue weighted by Gasteiger charge is 2.50. The van der Waals surface area contributed by atoms with Gasteiger partial charge in [0.2, 0.25) is 5.91 Å². The summed E-state index contributed by atoms with van der Waals surface area (Å²) in [6.07, 6.45) is 1.16. The molecule has 0 heterocycles. The zero-order valence-electron chi connectivity index (χ0n) is 19.0. The van der Waals surface area contributed by atoms with Gasteiger partial charge in [0.05, 0.1) is 10.8 Å². The molecule has 2 aromatic carbocycles. The number of aliphatic carboxylic acids is 1. The van der Waals surface area contributed by atoms with E-state index >= 15 is 0 Å². The molecule has 1 saturated carbocycles. The van der Waals surface area contributed by atoms with E-state index in [2.05, 4.69) is 34.9 Å². The molecule has 2 aromatic rings. The van der Waals surface area contributed by atoms with Crippen LogP contribution in [-0.4, -0.2) is 42.8 Å². The first-order valence-corrected chi connectivity index (χ1v) is 11.4. The molecule has 0 radical (unpaired) electrons. The topological polar surface area (TPSA) is 105 Å². The second-order valence-electron chi connectivity index (χ2n) is 9.36. The summed E-state index contributed by atoms with van der Waals surface area (Å²) in [5, 5.41) is 14.9. The van der Waals surface area contributed by atoms with E-state index in [4.69, 9.17) is 4.74 Å². The Hall–Kier alpha value is -3.35. The molecule has 2 aliphatic carbocycles. The van der Waals surface area contributed by atoms with Gasteiger partial charge in [0, 0.05) is 19.0 Å². The molecule has 4 rings (SSSR count). The summed E-state index contributed by atoms with van der Waals surface area (Å²) in [6.45, 7) is 3.85. The fourth-order valence-electron chi connectivity index (χ4n) is 4.34. The van der Waals surface area contributed by atoms with Crippen molar-refractivity contribution in [1.82, 2.24) is 10.6 Å². The average Bonchev–Trinajstić information content (AvgIpc) is 3.56. The number of nitrogens with one attached hydrogen (secondary N) is 2. The highest BCUT2D eigenvalue weighted by Crippen LogP contribution is 2.46. The molecule has 0 aliphatic heterocycles. The Kier molecular flexibility index (Phi) is 6.15. The molecule has 0 saturated heterocycles. The lowest BCUT2D eigenvalue weighted by molar-refractivity contribution is -0.148. The van der Waals surface area contributed by atoms with Crippen molar-refractivity contribution in [2.24, 2.45) is 10.8 Å². The normalized spacial score (nSPS) is 17.3. The Morgan fingerprint density at radius 2 is 1.61 bits per heavy atom. The lowest BCUT2D eigenvalue weighted by Crippen LogP contribution is -2.46. The van der Waals surface area contributed by atoms with E-state index in [1.54, 1.807) is 13.8 Å². The van der Waals surface area contributed by atoms with E-state index in [1.165, 1.54) is 0 Å². The number of carbonyl (C=O) groups is 3. The third-order valence-corrected chi connectivity index (χ3v) is 7.19. The predicted molar refractivity (Wildman–Crippen MR) is 124 cm³/mol. The highest BCUT2D eigenvalue weighted by molar-refractivity contribution is 5.87.